The lowest BCUT2D eigenvalue weighted by atomic mass is 10.1. The molecule has 0 aliphatic heterocycles. The van der Waals surface area contributed by atoms with Crippen LogP contribution in [0.1, 0.15) is 15.9 Å². The van der Waals surface area contributed by atoms with Crippen LogP contribution < -0.4 is 19.6 Å². The Bertz CT molecular complexity index is 896. The molecular formula is C17H17N3O7. The number of carbonyl (C=O) groups is 1. The van der Waals surface area contributed by atoms with Gasteiger partial charge in [0.25, 0.3) is 11.6 Å². The minimum atomic E-state index is -0.700. The monoisotopic (exact) mass is 375 g/mol. The molecule has 0 bridgehead atoms. The van der Waals surface area contributed by atoms with Gasteiger partial charge in [0, 0.05) is 6.07 Å². The number of hydrogen-bond donors (Lipinski definition) is 2. The van der Waals surface area contributed by atoms with E-state index in [1.807, 2.05) is 0 Å². The first kappa shape index (κ1) is 19.5. The van der Waals surface area contributed by atoms with Crippen LogP contribution in [0.25, 0.3) is 0 Å². The summed E-state index contributed by atoms with van der Waals surface area (Å²) in [6.45, 7) is 0. The summed E-state index contributed by atoms with van der Waals surface area (Å²) in [7, 11) is 4.17. The number of phenols is 1. The Balaban J connectivity index is 2.25. The highest BCUT2D eigenvalue weighted by atomic mass is 16.6. The van der Waals surface area contributed by atoms with E-state index in [1.54, 1.807) is 0 Å². The lowest BCUT2D eigenvalue weighted by Gasteiger charge is -2.08. The predicted molar refractivity (Wildman–Crippen MR) is 95.9 cm³/mol. The Labute approximate surface area is 154 Å². The molecule has 27 heavy (non-hydrogen) atoms. The van der Waals surface area contributed by atoms with Crippen LogP contribution in [0, 0.1) is 10.1 Å². The molecule has 0 aliphatic carbocycles. The van der Waals surface area contributed by atoms with Gasteiger partial charge in [0.15, 0.2) is 11.5 Å². The molecule has 10 heteroatoms. The highest BCUT2D eigenvalue weighted by Gasteiger charge is 2.18. The molecule has 0 spiro atoms. The Hall–Kier alpha value is -3.82. The Morgan fingerprint density at radius 2 is 1.81 bits per heavy atom. The average Bonchev–Trinajstić information content (AvgIpc) is 2.66. The maximum absolute atomic E-state index is 12.1. The Morgan fingerprint density at radius 1 is 1.15 bits per heavy atom. The van der Waals surface area contributed by atoms with Crippen molar-refractivity contribution in [1.82, 2.24) is 5.43 Å². The summed E-state index contributed by atoms with van der Waals surface area (Å²) in [4.78, 5) is 22.7. The number of rotatable bonds is 7. The quantitative estimate of drug-likeness (QED) is 0.430. The van der Waals surface area contributed by atoms with Crippen LogP contribution >= 0.6 is 0 Å². The highest BCUT2D eigenvalue weighted by Crippen LogP contribution is 2.33. The molecule has 0 aromatic heterocycles. The van der Waals surface area contributed by atoms with E-state index in [0.29, 0.717) is 5.75 Å². The van der Waals surface area contributed by atoms with E-state index in [0.717, 1.165) is 6.21 Å². The summed E-state index contributed by atoms with van der Waals surface area (Å²) < 4.78 is 15.1. The van der Waals surface area contributed by atoms with Gasteiger partial charge >= 0.3 is 0 Å². The number of hydrogen-bond acceptors (Lipinski definition) is 8. The van der Waals surface area contributed by atoms with Crippen molar-refractivity contribution in [3.63, 3.8) is 0 Å². The number of hydrazone groups is 1. The fourth-order valence-electron chi connectivity index (χ4n) is 2.20. The molecule has 0 unspecified atom stereocenters. The van der Waals surface area contributed by atoms with E-state index < -0.39 is 10.8 Å². The molecule has 10 nitrogen and oxygen atoms in total. The third-order valence-corrected chi connectivity index (χ3v) is 3.55. The van der Waals surface area contributed by atoms with E-state index >= 15 is 0 Å². The van der Waals surface area contributed by atoms with E-state index in [1.165, 1.54) is 51.7 Å². The largest absolute Gasteiger partial charge is 0.507 e. The Morgan fingerprint density at radius 3 is 2.37 bits per heavy atom. The van der Waals surface area contributed by atoms with Crippen LogP contribution in [0.3, 0.4) is 0 Å². The molecule has 0 radical (unpaired) electrons. The molecule has 1 amide bonds. The summed E-state index contributed by atoms with van der Waals surface area (Å²) in [6, 6.07) is 6.68. The number of nitro benzene ring substituents is 1. The van der Waals surface area contributed by atoms with Crippen molar-refractivity contribution in [3.05, 3.63) is 51.6 Å². The summed E-state index contributed by atoms with van der Waals surface area (Å²) in [5.74, 6) is -0.153. The van der Waals surface area contributed by atoms with E-state index in [4.69, 9.17) is 14.2 Å². The van der Waals surface area contributed by atoms with Crippen molar-refractivity contribution in [2.45, 2.75) is 0 Å². The van der Waals surface area contributed by atoms with E-state index in [-0.39, 0.29) is 34.1 Å². The third-order valence-electron chi connectivity index (χ3n) is 3.55. The molecular weight excluding hydrogens is 358 g/mol. The molecule has 0 heterocycles. The molecule has 0 fully saturated rings. The van der Waals surface area contributed by atoms with E-state index in [9.17, 15) is 20.0 Å². The topological polar surface area (TPSA) is 133 Å². The van der Waals surface area contributed by atoms with Crippen LogP contribution in [0.15, 0.2) is 35.4 Å². The zero-order valence-corrected chi connectivity index (χ0v) is 14.8. The van der Waals surface area contributed by atoms with Crippen LogP contribution in [0.5, 0.6) is 23.0 Å². The summed E-state index contributed by atoms with van der Waals surface area (Å²) in [5, 5.41) is 24.8. The molecule has 0 saturated heterocycles. The second-order valence-corrected chi connectivity index (χ2v) is 5.11. The normalized spacial score (nSPS) is 10.5. The first-order valence-electron chi connectivity index (χ1n) is 7.52. The molecule has 2 aromatic carbocycles. The highest BCUT2D eigenvalue weighted by molar-refractivity contribution is 5.97. The van der Waals surface area contributed by atoms with Crippen LogP contribution in [-0.2, 0) is 0 Å². The lowest BCUT2D eigenvalue weighted by molar-refractivity contribution is -0.385. The predicted octanol–water partition coefficient (Wildman–Crippen LogP) is 2.09. The number of ether oxygens (including phenoxy) is 3. The first-order chi connectivity index (χ1) is 12.9. The van der Waals surface area contributed by atoms with Crippen LogP contribution in [-0.4, -0.2) is 43.5 Å². The van der Waals surface area contributed by atoms with Crippen molar-refractivity contribution in [2.75, 3.05) is 21.3 Å². The minimum absolute atomic E-state index is 0.0326. The smallest absolute Gasteiger partial charge is 0.282 e. The molecule has 142 valence electrons. The van der Waals surface area contributed by atoms with Crippen LogP contribution in [0.2, 0.25) is 0 Å². The second kappa shape index (κ2) is 8.52. The zero-order valence-electron chi connectivity index (χ0n) is 14.8. The number of benzene rings is 2. The standard InChI is InChI=1S/C17H17N3O7/c1-25-11-4-5-12(14(21)7-11)17(22)19-18-9-10-6-15(26-2)16(27-3)8-13(10)20(23)24/h4-9,21H,1-3H3,(H,19,22)/b18-9-. The van der Waals surface area contributed by atoms with Gasteiger partial charge in [0.05, 0.1) is 49.7 Å². The number of phenolic OH excluding ortho intramolecular Hbond substituents is 1. The SMILES string of the molecule is COc1ccc(C(=O)N/N=C\c2cc(OC)c(OC)cc2[N+](=O)[O-])c(O)c1. The molecule has 2 N–H and O–H groups in total. The number of amides is 1. The Kier molecular flexibility index (Phi) is 6.15. The minimum Gasteiger partial charge on any atom is -0.507 e. The van der Waals surface area contributed by atoms with Crippen LogP contribution in [0.4, 0.5) is 5.69 Å². The molecule has 0 atom stereocenters. The van der Waals surface area contributed by atoms with Gasteiger partial charge in [-0.25, -0.2) is 5.43 Å². The van der Waals surface area contributed by atoms with Crippen molar-refractivity contribution in [3.8, 4) is 23.0 Å². The van der Waals surface area contributed by atoms with Gasteiger partial charge in [-0.3, -0.25) is 14.9 Å². The van der Waals surface area contributed by atoms with Gasteiger partial charge in [0.1, 0.15) is 11.5 Å². The summed E-state index contributed by atoms with van der Waals surface area (Å²) in [6.07, 6.45) is 1.10. The fourth-order valence-corrected chi connectivity index (χ4v) is 2.20. The van der Waals surface area contributed by atoms with Gasteiger partial charge in [-0.15, -0.1) is 0 Å². The molecule has 0 aliphatic rings. The molecule has 2 aromatic rings. The van der Waals surface area contributed by atoms with Crippen molar-refractivity contribution < 1.29 is 29.0 Å². The first-order valence-corrected chi connectivity index (χ1v) is 7.52. The molecule has 2 rings (SSSR count). The number of nitrogens with one attached hydrogen (secondary N) is 1. The van der Waals surface area contributed by atoms with Crippen molar-refractivity contribution in [2.24, 2.45) is 5.10 Å². The maximum Gasteiger partial charge on any atom is 0.282 e. The fraction of sp³-hybridized carbons (Fsp3) is 0.176. The zero-order chi connectivity index (χ0) is 20.0. The second-order valence-electron chi connectivity index (χ2n) is 5.11. The van der Waals surface area contributed by atoms with Gasteiger partial charge in [-0.05, 0) is 18.2 Å². The lowest BCUT2D eigenvalue weighted by Crippen LogP contribution is -2.17. The van der Waals surface area contributed by atoms with Crippen molar-refractivity contribution in [1.29, 1.82) is 0 Å². The number of aromatic hydroxyl groups is 1. The number of nitrogens with zero attached hydrogens (tertiary/aromatic N) is 2. The summed E-state index contributed by atoms with van der Waals surface area (Å²) in [5.41, 5.74) is 1.98. The number of carbonyl (C=O) groups excluding carboxylic acids is 1. The van der Waals surface area contributed by atoms with Gasteiger partial charge < -0.3 is 19.3 Å². The van der Waals surface area contributed by atoms with E-state index in [2.05, 4.69) is 10.5 Å². The van der Waals surface area contributed by atoms with Gasteiger partial charge in [-0.1, -0.05) is 0 Å². The number of methoxy groups -OCH3 is 3. The van der Waals surface area contributed by atoms with Crippen molar-refractivity contribution >= 4 is 17.8 Å². The number of nitro groups is 1. The summed E-state index contributed by atoms with van der Waals surface area (Å²) >= 11 is 0. The average molecular weight is 375 g/mol. The maximum atomic E-state index is 12.1. The van der Waals surface area contributed by atoms with Gasteiger partial charge in [-0.2, -0.15) is 5.10 Å². The molecule has 0 saturated carbocycles. The third kappa shape index (κ3) is 4.42. The van der Waals surface area contributed by atoms with Gasteiger partial charge in [0.2, 0.25) is 0 Å².